The first-order chi connectivity index (χ1) is 8.72. The van der Waals surface area contributed by atoms with Crippen molar-refractivity contribution in [1.82, 2.24) is 15.1 Å². The fraction of sp³-hybridized carbons (Fsp3) is 0.692. The third-order valence-corrected chi connectivity index (χ3v) is 3.72. The Balaban J connectivity index is 1.96. The lowest BCUT2D eigenvalue weighted by atomic mass is 9.93. The number of hydrogen-bond donors (Lipinski definition) is 2. The van der Waals surface area contributed by atoms with Crippen molar-refractivity contribution in [2.45, 2.75) is 32.1 Å². The summed E-state index contributed by atoms with van der Waals surface area (Å²) in [4.78, 5) is 14.2. The highest BCUT2D eigenvalue weighted by molar-refractivity contribution is 5.78. The molecule has 0 bridgehead atoms. The molecule has 100 valence electrons. The average molecular weight is 250 g/mol. The summed E-state index contributed by atoms with van der Waals surface area (Å²) in [5, 5.41) is 7.00. The molecule has 5 heteroatoms. The van der Waals surface area contributed by atoms with Gasteiger partial charge in [-0.2, -0.15) is 5.10 Å². The smallest absolute Gasteiger partial charge is 0.225 e. The highest BCUT2D eigenvalue weighted by Gasteiger charge is 2.27. The molecule has 2 heterocycles. The zero-order chi connectivity index (χ0) is 13.0. The van der Waals surface area contributed by atoms with E-state index < -0.39 is 0 Å². The molecule has 1 aromatic heterocycles. The van der Waals surface area contributed by atoms with Crippen molar-refractivity contribution in [3.8, 4) is 0 Å². The van der Waals surface area contributed by atoms with E-state index in [4.69, 9.17) is 5.73 Å². The van der Waals surface area contributed by atoms with Crippen molar-refractivity contribution in [3.05, 3.63) is 18.0 Å². The highest BCUT2D eigenvalue weighted by Crippen LogP contribution is 2.26. The Bertz CT molecular complexity index is 376. The second-order valence-corrected chi connectivity index (χ2v) is 5.11. The molecule has 1 aromatic rings. The normalized spacial score (nSPS) is 21.9. The number of likely N-dealkylation sites (tertiary alicyclic amines) is 1. The molecule has 1 aliphatic heterocycles. The van der Waals surface area contributed by atoms with Gasteiger partial charge in [0.25, 0.3) is 0 Å². The average Bonchev–Trinajstić information content (AvgIpc) is 2.92. The SMILES string of the molecule is CC(CCN)C(=O)N1CCCC(c2ccn[nH]2)C1. The molecule has 2 rings (SSSR count). The van der Waals surface area contributed by atoms with Crippen molar-refractivity contribution in [1.29, 1.82) is 0 Å². The molecule has 0 radical (unpaired) electrons. The van der Waals surface area contributed by atoms with E-state index in [2.05, 4.69) is 10.2 Å². The molecule has 1 aliphatic rings. The van der Waals surface area contributed by atoms with Gasteiger partial charge in [-0.15, -0.1) is 0 Å². The van der Waals surface area contributed by atoms with Gasteiger partial charge in [-0.3, -0.25) is 9.89 Å². The number of amides is 1. The summed E-state index contributed by atoms with van der Waals surface area (Å²) < 4.78 is 0. The van der Waals surface area contributed by atoms with E-state index in [9.17, 15) is 4.79 Å². The number of nitrogens with two attached hydrogens (primary N) is 1. The van der Waals surface area contributed by atoms with Crippen LogP contribution in [0.15, 0.2) is 12.3 Å². The monoisotopic (exact) mass is 250 g/mol. The molecule has 5 nitrogen and oxygen atoms in total. The minimum Gasteiger partial charge on any atom is -0.342 e. The van der Waals surface area contributed by atoms with Crippen LogP contribution in [0.2, 0.25) is 0 Å². The van der Waals surface area contributed by atoms with Crippen molar-refractivity contribution in [3.63, 3.8) is 0 Å². The number of hydrogen-bond acceptors (Lipinski definition) is 3. The predicted molar refractivity (Wildman–Crippen MR) is 70.0 cm³/mol. The van der Waals surface area contributed by atoms with E-state index in [1.54, 1.807) is 6.20 Å². The summed E-state index contributed by atoms with van der Waals surface area (Å²) in [6.07, 6.45) is 4.72. The zero-order valence-corrected chi connectivity index (χ0v) is 10.9. The molecule has 1 fully saturated rings. The van der Waals surface area contributed by atoms with Gasteiger partial charge in [0.05, 0.1) is 0 Å². The summed E-state index contributed by atoms with van der Waals surface area (Å²) >= 11 is 0. The van der Waals surface area contributed by atoms with Crippen LogP contribution in [0.5, 0.6) is 0 Å². The molecular weight excluding hydrogens is 228 g/mol. The van der Waals surface area contributed by atoms with E-state index in [1.807, 2.05) is 17.9 Å². The minimum absolute atomic E-state index is 0.0375. The number of rotatable bonds is 4. The molecule has 1 amide bonds. The summed E-state index contributed by atoms with van der Waals surface area (Å²) in [6, 6.07) is 2.00. The minimum atomic E-state index is 0.0375. The first kappa shape index (κ1) is 13.1. The third-order valence-electron chi connectivity index (χ3n) is 3.72. The molecule has 2 atom stereocenters. The lowest BCUT2D eigenvalue weighted by Crippen LogP contribution is -2.42. The number of carbonyl (C=O) groups excluding carboxylic acids is 1. The topological polar surface area (TPSA) is 75.0 Å². The van der Waals surface area contributed by atoms with Gasteiger partial charge in [-0.05, 0) is 31.9 Å². The Morgan fingerprint density at radius 2 is 2.56 bits per heavy atom. The molecule has 0 saturated carbocycles. The Hall–Kier alpha value is -1.36. The zero-order valence-electron chi connectivity index (χ0n) is 10.9. The van der Waals surface area contributed by atoms with Crippen molar-refractivity contribution in [2.75, 3.05) is 19.6 Å². The van der Waals surface area contributed by atoms with Gasteiger partial charge in [-0.1, -0.05) is 6.92 Å². The number of piperidine rings is 1. The van der Waals surface area contributed by atoms with Gasteiger partial charge in [0, 0.05) is 36.8 Å². The van der Waals surface area contributed by atoms with Crippen molar-refractivity contribution < 1.29 is 4.79 Å². The van der Waals surface area contributed by atoms with Crippen LogP contribution in [0.1, 0.15) is 37.8 Å². The molecule has 18 heavy (non-hydrogen) atoms. The van der Waals surface area contributed by atoms with Gasteiger partial charge in [-0.25, -0.2) is 0 Å². The number of carbonyl (C=O) groups is 1. The van der Waals surface area contributed by atoms with E-state index >= 15 is 0 Å². The Morgan fingerprint density at radius 3 is 3.22 bits per heavy atom. The van der Waals surface area contributed by atoms with Crippen LogP contribution >= 0.6 is 0 Å². The molecule has 1 saturated heterocycles. The maximum atomic E-state index is 12.2. The molecule has 0 aromatic carbocycles. The van der Waals surface area contributed by atoms with Crippen LogP contribution < -0.4 is 5.73 Å². The van der Waals surface area contributed by atoms with E-state index in [0.717, 1.165) is 38.0 Å². The largest absolute Gasteiger partial charge is 0.342 e. The second-order valence-electron chi connectivity index (χ2n) is 5.11. The second kappa shape index (κ2) is 6.00. The lowest BCUT2D eigenvalue weighted by Gasteiger charge is -2.33. The first-order valence-corrected chi connectivity index (χ1v) is 6.70. The maximum Gasteiger partial charge on any atom is 0.225 e. The van der Waals surface area contributed by atoms with Gasteiger partial charge in [0.15, 0.2) is 0 Å². The number of H-pyrrole nitrogens is 1. The van der Waals surface area contributed by atoms with Gasteiger partial charge in [0.1, 0.15) is 0 Å². The third kappa shape index (κ3) is 2.90. The van der Waals surface area contributed by atoms with Gasteiger partial charge >= 0.3 is 0 Å². The van der Waals surface area contributed by atoms with Crippen LogP contribution in [0.25, 0.3) is 0 Å². The Kier molecular flexibility index (Phi) is 4.36. The first-order valence-electron chi connectivity index (χ1n) is 6.70. The maximum absolute atomic E-state index is 12.2. The summed E-state index contributed by atoms with van der Waals surface area (Å²) in [5.41, 5.74) is 6.66. The van der Waals surface area contributed by atoms with Gasteiger partial charge in [0.2, 0.25) is 5.91 Å². The highest BCUT2D eigenvalue weighted by atomic mass is 16.2. The summed E-state index contributed by atoms with van der Waals surface area (Å²) in [5.74, 6) is 0.676. The van der Waals surface area contributed by atoms with Crippen molar-refractivity contribution in [2.24, 2.45) is 11.7 Å². The Morgan fingerprint density at radius 1 is 1.72 bits per heavy atom. The molecule has 3 N–H and O–H groups in total. The Labute approximate surface area is 108 Å². The van der Waals surface area contributed by atoms with Crippen molar-refractivity contribution >= 4 is 5.91 Å². The number of aromatic nitrogens is 2. The van der Waals surface area contributed by atoms with Crippen LogP contribution in [0.4, 0.5) is 0 Å². The van der Waals surface area contributed by atoms with Crippen LogP contribution in [-0.4, -0.2) is 40.6 Å². The number of aromatic amines is 1. The predicted octanol–water partition coefficient (Wildman–Crippen LogP) is 1.10. The van der Waals surface area contributed by atoms with E-state index in [0.29, 0.717) is 12.5 Å². The summed E-state index contributed by atoms with van der Waals surface area (Å²) in [7, 11) is 0. The fourth-order valence-corrected chi connectivity index (χ4v) is 2.61. The van der Waals surface area contributed by atoms with Crippen LogP contribution in [-0.2, 0) is 4.79 Å². The quantitative estimate of drug-likeness (QED) is 0.840. The molecule has 0 spiro atoms. The van der Waals surface area contributed by atoms with Gasteiger partial charge < -0.3 is 10.6 Å². The molecule has 2 unspecified atom stereocenters. The van der Waals surface area contributed by atoms with E-state index in [-0.39, 0.29) is 11.8 Å². The van der Waals surface area contributed by atoms with Crippen LogP contribution in [0, 0.1) is 5.92 Å². The standard InChI is InChI=1S/C13H22N4O/c1-10(4-6-14)13(18)17-8-2-3-11(9-17)12-5-7-15-16-12/h5,7,10-11H,2-4,6,8-9,14H2,1H3,(H,15,16). The lowest BCUT2D eigenvalue weighted by molar-refractivity contribution is -0.136. The van der Waals surface area contributed by atoms with E-state index in [1.165, 1.54) is 0 Å². The summed E-state index contributed by atoms with van der Waals surface area (Å²) in [6.45, 7) is 4.22. The van der Waals surface area contributed by atoms with Crippen LogP contribution in [0.3, 0.4) is 0 Å². The molecular formula is C13H22N4O. The number of nitrogens with zero attached hydrogens (tertiary/aromatic N) is 2. The molecule has 0 aliphatic carbocycles. The number of nitrogens with one attached hydrogen (secondary N) is 1. The fourth-order valence-electron chi connectivity index (χ4n) is 2.61.